The predicted octanol–water partition coefficient (Wildman–Crippen LogP) is 4.90. The maximum atomic E-state index is 5.92. The van der Waals surface area contributed by atoms with Gasteiger partial charge in [-0.05, 0) is 24.3 Å². The lowest BCUT2D eigenvalue weighted by molar-refractivity contribution is 0.339. The molecule has 0 bridgehead atoms. The molecule has 1 rings (SSSR count). The Labute approximate surface area is 93.0 Å². The fraction of sp³-hybridized carbons (Fsp3) is 0.692. The first-order chi connectivity index (χ1) is 6.77. The summed E-state index contributed by atoms with van der Waals surface area (Å²) >= 11 is 5.92. The second-order valence-corrected chi connectivity index (χ2v) is 4.62. The highest BCUT2D eigenvalue weighted by Crippen LogP contribution is 2.31. The summed E-state index contributed by atoms with van der Waals surface area (Å²) in [5.74, 6) is 1.60. The summed E-state index contributed by atoms with van der Waals surface area (Å²) in [4.78, 5) is 0. The van der Waals surface area contributed by atoms with E-state index in [1.165, 1.54) is 25.7 Å². The molecule has 0 aromatic carbocycles. The molecule has 14 heavy (non-hydrogen) atoms. The molecule has 0 aromatic heterocycles. The van der Waals surface area contributed by atoms with Gasteiger partial charge in [-0.2, -0.15) is 0 Å². The van der Waals surface area contributed by atoms with Gasteiger partial charge in [-0.3, -0.25) is 0 Å². The maximum absolute atomic E-state index is 5.92. The van der Waals surface area contributed by atoms with Gasteiger partial charge in [0.25, 0.3) is 0 Å². The summed E-state index contributed by atoms with van der Waals surface area (Å²) in [6.07, 6.45) is 13.0. The third-order valence-electron chi connectivity index (χ3n) is 3.01. The molecule has 0 saturated heterocycles. The lowest BCUT2D eigenvalue weighted by Crippen LogP contribution is -2.13. The molecule has 0 amide bonds. The Morgan fingerprint density at radius 1 is 1.36 bits per heavy atom. The van der Waals surface area contributed by atoms with Gasteiger partial charge in [0.1, 0.15) is 0 Å². The van der Waals surface area contributed by atoms with Gasteiger partial charge in [-0.1, -0.05) is 63.3 Å². The van der Waals surface area contributed by atoms with Crippen LogP contribution in [0, 0.1) is 11.8 Å². The first kappa shape index (κ1) is 11.8. The van der Waals surface area contributed by atoms with Gasteiger partial charge in [-0.25, -0.2) is 0 Å². The van der Waals surface area contributed by atoms with Crippen molar-refractivity contribution in [3.8, 4) is 0 Å². The van der Waals surface area contributed by atoms with Crippen LogP contribution in [0.5, 0.6) is 0 Å². The second-order valence-electron chi connectivity index (χ2n) is 4.19. The zero-order valence-electron chi connectivity index (χ0n) is 9.30. The van der Waals surface area contributed by atoms with E-state index in [1.807, 2.05) is 0 Å². The first-order valence-electron chi connectivity index (χ1n) is 5.81. The summed E-state index contributed by atoms with van der Waals surface area (Å²) in [5, 5.41) is 0.910. The topological polar surface area (TPSA) is 0 Å². The first-order valence-corrected chi connectivity index (χ1v) is 6.19. The summed E-state index contributed by atoms with van der Waals surface area (Å²) in [6, 6.07) is 0. The standard InChI is InChI=1S/C13H21Cl/c1-3-5-11(6-4-2)12-7-9-13(14)10-8-12/h7,9-12H,3-6,8H2,1-2H3/t12-/m0/s1. The molecule has 1 heteroatoms. The Bertz CT molecular complexity index is 209. The van der Waals surface area contributed by atoms with Gasteiger partial charge in [-0.15, -0.1) is 0 Å². The van der Waals surface area contributed by atoms with Crippen molar-refractivity contribution in [1.82, 2.24) is 0 Å². The minimum absolute atomic E-state index is 0.734. The molecule has 1 atom stereocenters. The van der Waals surface area contributed by atoms with E-state index >= 15 is 0 Å². The molecule has 1 aliphatic rings. The van der Waals surface area contributed by atoms with Crippen LogP contribution in [0.15, 0.2) is 23.3 Å². The molecular formula is C13H21Cl. The Balaban J connectivity index is 2.48. The van der Waals surface area contributed by atoms with Crippen molar-refractivity contribution < 1.29 is 0 Å². The van der Waals surface area contributed by atoms with Crippen molar-refractivity contribution in [1.29, 1.82) is 0 Å². The number of hydrogen-bond donors (Lipinski definition) is 0. The van der Waals surface area contributed by atoms with E-state index in [-0.39, 0.29) is 0 Å². The smallest absolute Gasteiger partial charge is 0.0363 e. The van der Waals surface area contributed by atoms with Crippen LogP contribution in [0.3, 0.4) is 0 Å². The molecule has 0 radical (unpaired) electrons. The third-order valence-corrected chi connectivity index (χ3v) is 3.29. The molecule has 0 N–H and O–H groups in total. The third kappa shape index (κ3) is 3.49. The molecule has 0 nitrogen and oxygen atoms in total. The second kappa shape index (κ2) is 6.29. The molecule has 0 heterocycles. The van der Waals surface area contributed by atoms with E-state index < -0.39 is 0 Å². The van der Waals surface area contributed by atoms with Crippen molar-refractivity contribution in [3.63, 3.8) is 0 Å². The minimum Gasteiger partial charge on any atom is -0.0847 e. The van der Waals surface area contributed by atoms with E-state index in [2.05, 4.69) is 32.1 Å². The molecule has 0 fully saturated rings. The van der Waals surface area contributed by atoms with E-state index in [9.17, 15) is 0 Å². The Hall–Kier alpha value is -0.230. The average Bonchev–Trinajstić information content (AvgIpc) is 2.19. The fourth-order valence-corrected chi connectivity index (χ4v) is 2.44. The van der Waals surface area contributed by atoms with Crippen molar-refractivity contribution in [2.45, 2.75) is 46.0 Å². The van der Waals surface area contributed by atoms with Crippen molar-refractivity contribution in [2.75, 3.05) is 0 Å². The monoisotopic (exact) mass is 212 g/mol. The highest BCUT2D eigenvalue weighted by molar-refractivity contribution is 6.31. The van der Waals surface area contributed by atoms with Gasteiger partial charge in [0.15, 0.2) is 0 Å². The molecule has 0 spiro atoms. The van der Waals surface area contributed by atoms with Crippen LogP contribution in [0.4, 0.5) is 0 Å². The maximum Gasteiger partial charge on any atom is 0.0363 e. The van der Waals surface area contributed by atoms with Gasteiger partial charge in [0.2, 0.25) is 0 Å². The number of rotatable bonds is 5. The van der Waals surface area contributed by atoms with E-state index in [4.69, 9.17) is 11.6 Å². The molecule has 0 unspecified atom stereocenters. The normalized spacial score (nSPS) is 21.4. The summed E-state index contributed by atoms with van der Waals surface area (Å²) < 4.78 is 0. The Morgan fingerprint density at radius 2 is 2.00 bits per heavy atom. The van der Waals surface area contributed by atoms with Crippen LogP contribution in [0.2, 0.25) is 0 Å². The Kier molecular flexibility index (Phi) is 5.32. The summed E-state index contributed by atoms with van der Waals surface area (Å²) in [6.45, 7) is 4.55. The van der Waals surface area contributed by atoms with Crippen LogP contribution in [-0.2, 0) is 0 Å². The lowest BCUT2D eigenvalue weighted by Gasteiger charge is -2.24. The number of allylic oxidation sites excluding steroid dienone is 4. The number of halogens is 1. The largest absolute Gasteiger partial charge is 0.0847 e. The van der Waals surface area contributed by atoms with Gasteiger partial charge < -0.3 is 0 Å². The van der Waals surface area contributed by atoms with E-state index in [0.29, 0.717) is 0 Å². The van der Waals surface area contributed by atoms with Crippen LogP contribution >= 0.6 is 11.6 Å². The summed E-state index contributed by atoms with van der Waals surface area (Å²) in [7, 11) is 0. The van der Waals surface area contributed by atoms with E-state index in [0.717, 1.165) is 23.3 Å². The highest BCUT2D eigenvalue weighted by atomic mass is 35.5. The Morgan fingerprint density at radius 3 is 2.43 bits per heavy atom. The lowest BCUT2D eigenvalue weighted by atomic mass is 9.81. The molecule has 0 saturated carbocycles. The molecule has 80 valence electrons. The quantitative estimate of drug-likeness (QED) is 0.608. The molecule has 1 aliphatic carbocycles. The molecular weight excluding hydrogens is 192 g/mol. The summed E-state index contributed by atoms with van der Waals surface area (Å²) in [5.41, 5.74) is 0. The molecule has 0 aliphatic heterocycles. The average molecular weight is 213 g/mol. The van der Waals surface area contributed by atoms with Crippen molar-refractivity contribution in [3.05, 3.63) is 23.3 Å². The van der Waals surface area contributed by atoms with Gasteiger partial charge >= 0.3 is 0 Å². The molecule has 0 aromatic rings. The van der Waals surface area contributed by atoms with Gasteiger partial charge in [0.05, 0.1) is 0 Å². The van der Waals surface area contributed by atoms with Crippen LogP contribution in [0.1, 0.15) is 46.0 Å². The van der Waals surface area contributed by atoms with E-state index in [1.54, 1.807) is 0 Å². The van der Waals surface area contributed by atoms with Gasteiger partial charge in [0, 0.05) is 5.03 Å². The zero-order valence-corrected chi connectivity index (χ0v) is 10.1. The SMILES string of the molecule is CCCC(CCC)[C@H]1C=CC(Cl)=CC1. The van der Waals surface area contributed by atoms with Crippen molar-refractivity contribution in [2.24, 2.45) is 11.8 Å². The highest BCUT2D eigenvalue weighted by Gasteiger charge is 2.18. The number of hydrogen-bond acceptors (Lipinski definition) is 0. The predicted molar refractivity (Wildman–Crippen MR) is 64.5 cm³/mol. The minimum atomic E-state index is 0.734. The van der Waals surface area contributed by atoms with Crippen molar-refractivity contribution >= 4 is 11.6 Å². The van der Waals surface area contributed by atoms with Crippen LogP contribution < -0.4 is 0 Å². The van der Waals surface area contributed by atoms with Crippen LogP contribution in [-0.4, -0.2) is 0 Å². The zero-order chi connectivity index (χ0) is 10.4. The van der Waals surface area contributed by atoms with Crippen LogP contribution in [0.25, 0.3) is 0 Å². The fourth-order valence-electron chi connectivity index (χ4n) is 2.27.